The smallest absolute Gasteiger partial charge is 0.236 e. The molecule has 1 N–H and O–H groups in total. The van der Waals surface area contributed by atoms with Gasteiger partial charge in [-0.1, -0.05) is 12.8 Å². The maximum Gasteiger partial charge on any atom is 0.236 e. The lowest BCUT2D eigenvalue weighted by atomic mass is 9.91. The number of hydrogen-bond donors (Lipinski definition) is 1. The van der Waals surface area contributed by atoms with Gasteiger partial charge in [-0.2, -0.15) is 0 Å². The van der Waals surface area contributed by atoms with Crippen molar-refractivity contribution in [2.75, 3.05) is 27.2 Å². The summed E-state index contributed by atoms with van der Waals surface area (Å²) in [5.74, 6) is 0.128. The van der Waals surface area contributed by atoms with Gasteiger partial charge in [0.15, 0.2) is 0 Å². The number of likely N-dealkylation sites (N-methyl/N-ethyl adjacent to an activating group) is 2. The maximum absolute atomic E-state index is 11.7. The molecule has 2 unspecified atom stereocenters. The molecule has 1 rings (SSSR count). The summed E-state index contributed by atoms with van der Waals surface area (Å²) in [5.41, 5.74) is 0. The minimum Gasteiger partial charge on any atom is -0.391 e. The number of carbonyl (C=O) groups excluding carboxylic acids is 1. The van der Waals surface area contributed by atoms with Crippen LogP contribution in [0.15, 0.2) is 0 Å². The third-order valence-corrected chi connectivity index (χ3v) is 3.54. The monoisotopic (exact) mass is 228 g/mol. The van der Waals surface area contributed by atoms with Crippen LogP contribution in [0.25, 0.3) is 0 Å². The van der Waals surface area contributed by atoms with Crippen LogP contribution in [0, 0.1) is 0 Å². The van der Waals surface area contributed by atoms with Gasteiger partial charge >= 0.3 is 0 Å². The first-order chi connectivity index (χ1) is 7.56. The highest BCUT2D eigenvalue weighted by Gasteiger charge is 2.27. The molecule has 1 aliphatic carbocycles. The second-order valence-electron chi connectivity index (χ2n) is 4.74. The lowest BCUT2D eigenvalue weighted by Crippen LogP contribution is -2.47. The van der Waals surface area contributed by atoms with Crippen molar-refractivity contribution in [3.8, 4) is 0 Å². The van der Waals surface area contributed by atoms with Gasteiger partial charge in [-0.3, -0.25) is 9.69 Å². The van der Waals surface area contributed by atoms with Gasteiger partial charge in [0, 0.05) is 19.6 Å². The molecule has 0 aromatic heterocycles. The van der Waals surface area contributed by atoms with E-state index in [4.69, 9.17) is 0 Å². The Morgan fingerprint density at radius 2 is 1.94 bits per heavy atom. The Hall–Kier alpha value is -0.610. The quantitative estimate of drug-likeness (QED) is 0.770. The number of amides is 1. The van der Waals surface area contributed by atoms with E-state index < -0.39 is 0 Å². The van der Waals surface area contributed by atoms with Gasteiger partial charge in [0.2, 0.25) is 5.91 Å². The topological polar surface area (TPSA) is 43.8 Å². The lowest BCUT2D eigenvalue weighted by Gasteiger charge is -2.35. The predicted molar refractivity (Wildman–Crippen MR) is 64.2 cm³/mol. The Balaban J connectivity index is 2.44. The van der Waals surface area contributed by atoms with E-state index in [2.05, 4.69) is 0 Å². The third kappa shape index (κ3) is 3.46. The van der Waals surface area contributed by atoms with E-state index in [9.17, 15) is 9.90 Å². The molecule has 0 heterocycles. The van der Waals surface area contributed by atoms with Crippen molar-refractivity contribution in [3.05, 3.63) is 0 Å². The largest absolute Gasteiger partial charge is 0.391 e. The second kappa shape index (κ2) is 6.21. The molecule has 1 saturated carbocycles. The predicted octanol–water partition coefficient (Wildman–Crippen LogP) is 0.700. The molecule has 0 radical (unpaired) electrons. The summed E-state index contributed by atoms with van der Waals surface area (Å²) < 4.78 is 0. The highest BCUT2D eigenvalue weighted by molar-refractivity contribution is 5.77. The van der Waals surface area contributed by atoms with Gasteiger partial charge in [0.1, 0.15) is 0 Å². The van der Waals surface area contributed by atoms with Crippen LogP contribution in [0.4, 0.5) is 0 Å². The summed E-state index contributed by atoms with van der Waals surface area (Å²) in [5, 5.41) is 9.88. The average Bonchev–Trinajstić information content (AvgIpc) is 2.28. The number of hydrogen-bond acceptors (Lipinski definition) is 3. The van der Waals surface area contributed by atoms with Gasteiger partial charge in [-0.25, -0.2) is 0 Å². The highest BCUT2D eigenvalue weighted by Crippen LogP contribution is 2.22. The number of rotatable bonds is 4. The van der Waals surface area contributed by atoms with Crippen LogP contribution in [0.2, 0.25) is 0 Å². The molecular formula is C12H24N2O2. The molecule has 0 bridgehead atoms. The summed E-state index contributed by atoms with van der Waals surface area (Å²) in [7, 11) is 3.74. The lowest BCUT2D eigenvalue weighted by molar-refractivity contribution is -0.131. The Kier molecular flexibility index (Phi) is 5.22. The highest BCUT2D eigenvalue weighted by atomic mass is 16.3. The standard InChI is InChI=1S/C12H24N2O2/c1-4-13(2)12(16)9-14(3)10-7-5-6-8-11(10)15/h10-11,15H,4-9H2,1-3H3. The minimum absolute atomic E-state index is 0.128. The van der Waals surface area contributed by atoms with Crippen molar-refractivity contribution in [3.63, 3.8) is 0 Å². The van der Waals surface area contributed by atoms with Crippen molar-refractivity contribution in [2.45, 2.75) is 44.8 Å². The summed E-state index contributed by atoms with van der Waals surface area (Å²) in [6.45, 7) is 3.11. The van der Waals surface area contributed by atoms with Crippen molar-refractivity contribution in [1.29, 1.82) is 0 Å². The average molecular weight is 228 g/mol. The van der Waals surface area contributed by atoms with Gasteiger partial charge in [0.05, 0.1) is 12.6 Å². The first-order valence-corrected chi connectivity index (χ1v) is 6.18. The molecule has 1 aliphatic rings. The zero-order chi connectivity index (χ0) is 12.1. The van der Waals surface area contributed by atoms with Gasteiger partial charge < -0.3 is 10.0 Å². The van der Waals surface area contributed by atoms with E-state index in [0.717, 1.165) is 32.2 Å². The number of aliphatic hydroxyl groups is 1. The van der Waals surface area contributed by atoms with Gasteiger partial charge in [0.25, 0.3) is 0 Å². The molecule has 1 amide bonds. The van der Waals surface area contributed by atoms with E-state index in [1.165, 1.54) is 0 Å². The van der Waals surface area contributed by atoms with Crippen molar-refractivity contribution >= 4 is 5.91 Å². The van der Waals surface area contributed by atoms with Crippen molar-refractivity contribution < 1.29 is 9.90 Å². The van der Waals surface area contributed by atoms with Crippen LogP contribution in [-0.4, -0.2) is 60.1 Å². The Labute approximate surface area is 98.2 Å². The van der Waals surface area contributed by atoms with Crippen LogP contribution < -0.4 is 0 Å². The molecule has 94 valence electrons. The molecule has 2 atom stereocenters. The van der Waals surface area contributed by atoms with Gasteiger partial charge in [-0.05, 0) is 26.8 Å². The summed E-state index contributed by atoms with van der Waals surface area (Å²) in [6, 6.07) is 0.156. The molecule has 1 fully saturated rings. The Morgan fingerprint density at radius 1 is 1.31 bits per heavy atom. The zero-order valence-corrected chi connectivity index (χ0v) is 10.6. The fourth-order valence-corrected chi connectivity index (χ4v) is 2.23. The molecule has 4 heteroatoms. The van der Waals surface area contributed by atoms with E-state index in [-0.39, 0.29) is 18.1 Å². The van der Waals surface area contributed by atoms with Crippen molar-refractivity contribution in [1.82, 2.24) is 9.80 Å². The number of aliphatic hydroxyl groups excluding tert-OH is 1. The van der Waals surface area contributed by atoms with E-state index in [1.807, 2.05) is 25.9 Å². The molecule has 16 heavy (non-hydrogen) atoms. The fourth-order valence-electron chi connectivity index (χ4n) is 2.23. The summed E-state index contributed by atoms with van der Waals surface area (Å²) in [4.78, 5) is 15.4. The van der Waals surface area contributed by atoms with E-state index in [0.29, 0.717) is 6.54 Å². The number of nitrogens with zero attached hydrogens (tertiary/aromatic N) is 2. The normalized spacial score (nSPS) is 25.8. The first-order valence-electron chi connectivity index (χ1n) is 6.18. The van der Waals surface area contributed by atoms with Gasteiger partial charge in [-0.15, -0.1) is 0 Å². The number of carbonyl (C=O) groups is 1. The third-order valence-electron chi connectivity index (χ3n) is 3.54. The summed E-state index contributed by atoms with van der Waals surface area (Å²) >= 11 is 0. The Bertz CT molecular complexity index is 233. The molecule has 4 nitrogen and oxygen atoms in total. The van der Waals surface area contributed by atoms with Crippen LogP contribution in [0.5, 0.6) is 0 Å². The van der Waals surface area contributed by atoms with Crippen LogP contribution in [0.3, 0.4) is 0 Å². The van der Waals surface area contributed by atoms with Crippen LogP contribution >= 0.6 is 0 Å². The molecule has 0 aromatic rings. The van der Waals surface area contributed by atoms with E-state index >= 15 is 0 Å². The van der Waals surface area contributed by atoms with Crippen LogP contribution in [0.1, 0.15) is 32.6 Å². The Morgan fingerprint density at radius 3 is 2.50 bits per heavy atom. The van der Waals surface area contributed by atoms with Crippen LogP contribution in [-0.2, 0) is 4.79 Å². The molecule has 0 saturated heterocycles. The maximum atomic E-state index is 11.7. The fraction of sp³-hybridized carbons (Fsp3) is 0.917. The summed E-state index contributed by atoms with van der Waals surface area (Å²) in [6.07, 6.45) is 3.87. The zero-order valence-electron chi connectivity index (χ0n) is 10.6. The van der Waals surface area contributed by atoms with Crippen molar-refractivity contribution in [2.24, 2.45) is 0 Å². The molecule has 0 aliphatic heterocycles. The SMILES string of the molecule is CCN(C)C(=O)CN(C)C1CCCCC1O. The molecule has 0 spiro atoms. The first kappa shape index (κ1) is 13.5. The molecule has 0 aromatic carbocycles. The second-order valence-corrected chi connectivity index (χ2v) is 4.74. The van der Waals surface area contributed by atoms with E-state index in [1.54, 1.807) is 4.90 Å². The minimum atomic E-state index is -0.265. The molecular weight excluding hydrogens is 204 g/mol.